The Balaban J connectivity index is 1.90. The lowest BCUT2D eigenvalue weighted by Gasteiger charge is -2.05. The molecule has 0 heterocycles. The molecule has 1 heteroatoms. The summed E-state index contributed by atoms with van der Waals surface area (Å²) in [6.45, 7) is 8.40. The number of rotatable bonds is 1. The molecule has 112 valence electrons. The zero-order valence-electron chi connectivity index (χ0n) is 13.6. The number of hydrogen-bond acceptors (Lipinski definition) is 0. The third kappa shape index (κ3) is 2.92. The molecule has 1 saturated carbocycles. The first kappa shape index (κ1) is 14.9. The van der Waals surface area contributed by atoms with E-state index < -0.39 is 0 Å². The van der Waals surface area contributed by atoms with Crippen LogP contribution in [-0.4, -0.2) is 0 Å². The molecule has 2 aromatic carbocycles. The van der Waals surface area contributed by atoms with Crippen molar-refractivity contribution in [2.24, 2.45) is 5.92 Å². The maximum atomic E-state index is 14.2. The molecule has 22 heavy (non-hydrogen) atoms. The van der Waals surface area contributed by atoms with E-state index in [1.54, 1.807) is 6.07 Å². The van der Waals surface area contributed by atoms with Gasteiger partial charge in [0.15, 0.2) is 0 Å². The maximum absolute atomic E-state index is 14.2. The van der Waals surface area contributed by atoms with Gasteiger partial charge in [0.05, 0.1) is 0 Å². The molecule has 3 rings (SSSR count). The molecule has 0 aliphatic heterocycles. The number of halogens is 1. The van der Waals surface area contributed by atoms with Crippen molar-refractivity contribution in [3.8, 4) is 11.8 Å². The van der Waals surface area contributed by atoms with Crippen molar-refractivity contribution in [1.29, 1.82) is 0 Å². The third-order valence-electron chi connectivity index (χ3n) is 4.52. The average Bonchev–Trinajstić information content (AvgIpc) is 3.14. The Kier molecular flexibility index (Phi) is 3.79. The van der Waals surface area contributed by atoms with Crippen LogP contribution in [0.3, 0.4) is 0 Å². The molecule has 0 N–H and O–H groups in total. The van der Waals surface area contributed by atoms with Crippen LogP contribution in [-0.2, 0) is 0 Å². The summed E-state index contributed by atoms with van der Waals surface area (Å²) in [6, 6.07) is 9.69. The number of benzene rings is 2. The summed E-state index contributed by atoms with van der Waals surface area (Å²) >= 11 is 0. The van der Waals surface area contributed by atoms with Crippen LogP contribution in [0.1, 0.15) is 52.6 Å². The van der Waals surface area contributed by atoms with Crippen molar-refractivity contribution in [3.05, 3.63) is 69.5 Å². The molecule has 1 aliphatic rings. The minimum Gasteiger partial charge on any atom is -0.207 e. The van der Waals surface area contributed by atoms with Crippen molar-refractivity contribution in [1.82, 2.24) is 0 Å². The molecule has 0 saturated heterocycles. The topological polar surface area (TPSA) is 0 Å². The monoisotopic (exact) mass is 292 g/mol. The summed E-state index contributed by atoms with van der Waals surface area (Å²) in [6.07, 6.45) is 1.10. The lowest BCUT2D eigenvalue weighted by Crippen LogP contribution is -1.91. The molecule has 0 nitrogen and oxygen atoms in total. The lowest BCUT2D eigenvalue weighted by atomic mass is 9.99. The minimum atomic E-state index is -0.112. The summed E-state index contributed by atoms with van der Waals surface area (Å²) in [5.41, 5.74) is 6.23. The number of hydrogen-bond donors (Lipinski definition) is 0. The van der Waals surface area contributed by atoms with Crippen LogP contribution in [0.5, 0.6) is 0 Å². The Morgan fingerprint density at radius 3 is 2.18 bits per heavy atom. The second kappa shape index (κ2) is 5.61. The van der Waals surface area contributed by atoms with E-state index in [4.69, 9.17) is 0 Å². The van der Waals surface area contributed by atoms with Crippen LogP contribution < -0.4 is 0 Å². The second-order valence-corrected chi connectivity index (χ2v) is 6.58. The van der Waals surface area contributed by atoms with Crippen LogP contribution in [0.15, 0.2) is 30.3 Å². The molecule has 2 unspecified atom stereocenters. The van der Waals surface area contributed by atoms with Gasteiger partial charge in [-0.15, -0.1) is 0 Å². The first-order chi connectivity index (χ1) is 10.5. The van der Waals surface area contributed by atoms with E-state index in [0.29, 0.717) is 11.8 Å². The van der Waals surface area contributed by atoms with Gasteiger partial charge in [-0.3, -0.25) is 0 Å². The first-order valence-corrected chi connectivity index (χ1v) is 7.85. The fourth-order valence-electron chi connectivity index (χ4n) is 3.17. The molecule has 1 aliphatic carbocycles. The van der Waals surface area contributed by atoms with Gasteiger partial charge in [0.25, 0.3) is 0 Å². The van der Waals surface area contributed by atoms with Gasteiger partial charge in [0, 0.05) is 11.1 Å². The normalized spacial score (nSPS) is 19.5. The standard InChI is InChI=1S/C21H21F/c1-13-9-14(2)18(15(3)10-13)7-5-17-6-8-19(21(22)12-17)20-11-16(20)4/h6,8-10,12,16,20H,11H2,1-4H3. The average molecular weight is 292 g/mol. The Morgan fingerprint density at radius 2 is 1.64 bits per heavy atom. The van der Waals surface area contributed by atoms with Gasteiger partial charge < -0.3 is 0 Å². The minimum absolute atomic E-state index is 0.112. The van der Waals surface area contributed by atoms with Crippen molar-refractivity contribution < 1.29 is 4.39 Å². The van der Waals surface area contributed by atoms with E-state index >= 15 is 0 Å². The van der Waals surface area contributed by atoms with Gasteiger partial charge in [-0.05, 0) is 67.9 Å². The summed E-state index contributed by atoms with van der Waals surface area (Å²) in [7, 11) is 0. The predicted molar refractivity (Wildman–Crippen MR) is 89.6 cm³/mol. The first-order valence-electron chi connectivity index (χ1n) is 7.85. The van der Waals surface area contributed by atoms with Crippen LogP contribution in [0.4, 0.5) is 4.39 Å². The fourth-order valence-corrected chi connectivity index (χ4v) is 3.17. The summed E-state index contributed by atoms with van der Waals surface area (Å²) < 4.78 is 14.2. The molecule has 2 atom stereocenters. The van der Waals surface area contributed by atoms with Crippen molar-refractivity contribution in [2.75, 3.05) is 0 Å². The van der Waals surface area contributed by atoms with Crippen molar-refractivity contribution in [2.45, 2.75) is 40.0 Å². The molecular weight excluding hydrogens is 271 g/mol. The largest absolute Gasteiger partial charge is 0.207 e. The van der Waals surface area contributed by atoms with Crippen LogP contribution in [0.2, 0.25) is 0 Å². The second-order valence-electron chi connectivity index (χ2n) is 6.58. The molecule has 0 radical (unpaired) electrons. The zero-order valence-corrected chi connectivity index (χ0v) is 13.6. The molecule has 2 aromatic rings. The van der Waals surface area contributed by atoms with E-state index in [1.165, 1.54) is 16.7 Å². The highest BCUT2D eigenvalue weighted by molar-refractivity contribution is 5.51. The smallest absolute Gasteiger partial charge is 0.127 e. The molecule has 0 amide bonds. The molecule has 1 fully saturated rings. The highest BCUT2D eigenvalue weighted by atomic mass is 19.1. The Hall–Kier alpha value is -2.07. The third-order valence-corrected chi connectivity index (χ3v) is 4.52. The summed E-state index contributed by atoms with van der Waals surface area (Å²) in [5, 5.41) is 0. The van der Waals surface area contributed by atoms with E-state index in [-0.39, 0.29) is 5.82 Å². The van der Waals surface area contributed by atoms with Crippen molar-refractivity contribution in [3.63, 3.8) is 0 Å². The van der Waals surface area contributed by atoms with E-state index in [1.807, 2.05) is 12.1 Å². The van der Waals surface area contributed by atoms with Gasteiger partial charge in [0.1, 0.15) is 5.82 Å². The SMILES string of the molecule is Cc1cc(C)c(C#Cc2ccc(C3CC3C)c(F)c2)c(C)c1. The molecule has 0 bridgehead atoms. The van der Waals surface area contributed by atoms with Gasteiger partial charge in [0.2, 0.25) is 0 Å². The Labute approximate surface area is 132 Å². The Bertz CT molecular complexity index is 766. The quantitative estimate of drug-likeness (QED) is 0.628. The molecule has 0 spiro atoms. The molecular formula is C21H21F. The van der Waals surface area contributed by atoms with Crippen LogP contribution in [0.25, 0.3) is 0 Å². The van der Waals surface area contributed by atoms with E-state index in [0.717, 1.165) is 23.1 Å². The van der Waals surface area contributed by atoms with E-state index in [2.05, 4.69) is 51.7 Å². The fraction of sp³-hybridized carbons (Fsp3) is 0.333. The maximum Gasteiger partial charge on any atom is 0.127 e. The summed E-state index contributed by atoms with van der Waals surface area (Å²) in [4.78, 5) is 0. The van der Waals surface area contributed by atoms with Crippen molar-refractivity contribution >= 4 is 0 Å². The van der Waals surface area contributed by atoms with E-state index in [9.17, 15) is 4.39 Å². The van der Waals surface area contributed by atoms with Gasteiger partial charge in [-0.1, -0.05) is 42.5 Å². The molecule has 0 aromatic heterocycles. The summed E-state index contributed by atoms with van der Waals surface area (Å²) in [5.74, 6) is 7.23. The highest BCUT2D eigenvalue weighted by Crippen LogP contribution is 2.47. The lowest BCUT2D eigenvalue weighted by molar-refractivity contribution is 0.607. The zero-order chi connectivity index (χ0) is 15.9. The van der Waals surface area contributed by atoms with Crippen LogP contribution >= 0.6 is 0 Å². The highest BCUT2D eigenvalue weighted by Gasteiger charge is 2.35. The Morgan fingerprint density at radius 1 is 1.00 bits per heavy atom. The van der Waals surface area contributed by atoms with Crippen LogP contribution in [0, 0.1) is 44.3 Å². The van der Waals surface area contributed by atoms with Gasteiger partial charge in [-0.25, -0.2) is 4.39 Å². The predicted octanol–water partition coefficient (Wildman–Crippen LogP) is 5.27. The number of aryl methyl sites for hydroxylation is 3. The van der Waals surface area contributed by atoms with Gasteiger partial charge in [-0.2, -0.15) is 0 Å². The van der Waals surface area contributed by atoms with Gasteiger partial charge >= 0.3 is 0 Å².